The van der Waals surface area contributed by atoms with E-state index in [2.05, 4.69) is 4.74 Å². The average Bonchev–Trinajstić information content (AvgIpc) is 2.72. The Morgan fingerprint density at radius 3 is 2.91 bits per heavy atom. The van der Waals surface area contributed by atoms with Gasteiger partial charge in [0, 0.05) is 12.0 Å². The third kappa shape index (κ3) is 3.37. The van der Waals surface area contributed by atoms with E-state index in [1.54, 1.807) is 0 Å². The predicted octanol–water partition coefficient (Wildman–Crippen LogP) is 3.16. The van der Waals surface area contributed by atoms with Gasteiger partial charge in [-0.1, -0.05) is 30.3 Å². The van der Waals surface area contributed by atoms with Crippen LogP contribution >= 0.6 is 0 Å². The fourth-order valence-corrected chi connectivity index (χ4v) is 2.89. The lowest BCUT2D eigenvalue weighted by Gasteiger charge is -2.14. The van der Waals surface area contributed by atoms with Gasteiger partial charge in [0.1, 0.15) is 18.5 Å². The molecule has 1 atom stereocenters. The van der Waals surface area contributed by atoms with E-state index in [9.17, 15) is 9.90 Å². The number of methoxy groups -OCH3 is 1. The van der Waals surface area contributed by atoms with Crippen molar-refractivity contribution >= 4 is 5.97 Å². The maximum absolute atomic E-state index is 11.2. The van der Waals surface area contributed by atoms with Crippen LogP contribution in [0, 0.1) is 0 Å². The third-order valence-electron chi connectivity index (χ3n) is 4.18. The minimum absolute atomic E-state index is 0.197. The topological polar surface area (TPSA) is 55.8 Å². The number of aliphatic hydroxyl groups excluding tert-OH is 1. The second-order valence-electron chi connectivity index (χ2n) is 5.69. The molecule has 2 aromatic carbocycles. The molecule has 0 saturated carbocycles. The molecule has 2 aromatic rings. The Kier molecular flexibility index (Phi) is 4.63. The van der Waals surface area contributed by atoms with E-state index in [1.807, 2.05) is 42.5 Å². The van der Waals surface area contributed by atoms with Gasteiger partial charge in [-0.05, 0) is 41.7 Å². The summed E-state index contributed by atoms with van der Waals surface area (Å²) in [5.74, 6) is 0.516. The van der Waals surface area contributed by atoms with E-state index in [-0.39, 0.29) is 5.97 Å². The Labute approximate surface area is 135 Å². The number of aliphatic hydroxyl groups is 1. The first-order valence-corrected chi connectivity index (χ1v) is 7.77. The SMILES string of the molecule is COC(=O)CCCc1ccc2c(c1)C(O)c1ccccc1CO2. The first-order valence-electron chi connectivity index (χ1n) is 7.77. The van der Waals surface area contributed by atoms with Crippen LogP contribution in [0.2, 0.25) is 0 Å². The number of aryl methyl sites for hydroxylation is 1. The minimum Gasteiger partial charge on any atom is -0.488 e. The quantitative estimate of drug-likeness (QED) is 0.881. The van der Waals surface area contributed by atoms with Gasteiger partial charge in [-0.25, -0.2) is 0 Å². The van der Waals surface area contributed by atoms with Gasteiger partial charge in [0.05, 0.1) is 7.11 Å². The maximum Gasteiger partial charge on any atom is 0.305 e. The smallest absolute Gasteiger partial charge is 0.305 e. The van der Waals surface area contributed by atoms with Crippen molar-refractivity contribution < 1.29 is 19.4 Å². The Morgan fingerprint density at radius 2 is 2.09 bits per heavy atom. The number of fused-ring (bicyclic) bond motifs is 2. The highest BCUT2D eigenvalue weighted by atomic mass is 16.5. The van der Waals surface area contributed by atoms with Crippen LogP contribution in [0.1, 0.15) is 41.2 Å². The van der Waals surface area contributed by atoms with Crippen molar-refractivity contribution in [2.24, 2.45) is 0 Å². The highest BCUT2D eigenvalue weighted by Gasteiger charge is 2.22. The number of carbonyl (C=O) groups excluding carboxylic acids is 1. The maximum atomic E-state index is 11.2. The van der Waals surface area contributed by atoms with E-state index in [0.29, 0.717) is 18.8 Å². The summed E-state index contributed by atoms with van der Waals surface area (Å²) >= 11 is 0. The summed E-state index contributed by atoms with van der Waals surface area (Å²) in [5, 5.41) is 10.7. The van der Waals surface area contributed by atoms with Crippen LogP contribution in [0.15, 0.2) is 42.5 Å². The lowest BCUT2D eigenvalue weighted by Crippen LogP contribution is -2.03. The normalized spacial score (nSPS) is 15.8. The van der Waals surface area contributed by atoms with Crippen LogP contribution in [0.4, 0.5) is 0 Å². The van der Waals surface area contributed by atoms with Gasteiger partial charge >= 0.3 is 5.97 Å². The molecule has 1 N–H and O–H groups in total. The predicted molar refractivity (Wildman–Crippen MR) is 86.2 cm³/mol. The van der Waals surface area contributed by atoms with E-state index < -0.39 is 6.10 Å². The molecule has 4 nitrogen and oxygen atoms in total. The second kappa shape index (κ2) is 6.84. The van der Waals surface area contributed by atoms with E-state index in [1.165, 1.54) is 7.11 Å². The molecule has 23 heavy (non-hydrogen) atoms. The van der Waals surface area contributed by atoms with E-state index >= 15 is 0 Å². The van der Waals surface area contributed by atoms with Gasteiger partial charge in [0.25, 0.3) is 0 Å². The van der Waals surface area contributed by atoms with Gasteiger partial charge in [-0.3, -0.25) is 4.79 Å². The van der Waals surface area contributed by atoms with Crippen LogP contribution in [-0.2, 0) is 22.6 Å². The highest BCUT2D eigenvalue weighted by Crippen LogP contribution is 2.36. The van der Waals surface area contributed by atoms with E-state index in [4.69, 9.17) is 4.74 Å². The molecule has 0 bridgehead atoms. The Bertz CT molecular complexity index is 708. The summed E-state index contributed by atoms with van der Waals surface area (Å²) in [4.78, 5) is 11.2. The monoisotopic (exact) mass is 312 g/mol. The number of benzene rings is 2. The van der Waals surface area contributed by atoms with Gasteiger partial charge in [0.2, 0.25) is 0 Å². The largest absolute Gasteiger partial charge is 0.488 e. The van der Waals surface area contributed by atoms with Crippen molar-refractivity contribution in [3.05, 3.63) is 64.7 Å². The Hall–Kier alpha value is -2.33. The average molecular weight is 312 g/mol. The van der Waals surface area contributed by atoms with Gasteiger partial charge in [-0.15, -0.1) is 0 Å². The number of rotatable bonds is 4. The molecule has 120 valence electrons. The molecule has 1 aliphatic rings. The molecule has 0 fully saturated rings. The molecule has 1 aliphatic heterocycles. The minimum atomic E-state index is -0.691. The Morgan fingerprint density at radius 1 is 1.26 bits per heavy atom. The van der Waals surface area contributed by atoms with Crippen molar-refractivity contribution in [1.82, 2.24) is 0 Å². The molecule has 0 spiro atoms. The number of hydrogen-bond acceptors (Lipinski definition) is 4. The molecule has 0 radical (unpaired) electrons. The lowest BCUT2D eigenvalue weighted by atomic mass is 9.95. The zero-order valence-corrected chi connectivity index (χ0v) is 13.1. The lowest BCUT2D eigenvalue weighted by molar-refractivity contribution is -0.140. The molecule has 3 rings (SSSR count). The molecule has 1 unspecified atom stereocenters. The summed E-state index contributed by atoms with van der Waals surface area (Å²) in [6, 6.07) is 13.6. The van der Waals surface area contributed by atoms with Crippen molar-refractivity contribution in [3.63, 3.8) is 0 Å². The fourth-order valence-electron chi connectivity index (χ4n) is 2.89. The van der Waals surface area contributed by atoms with Crippen molar-refractivity contribution in [2.75, 3.05) is 7.11 Å². The molecule has 0 amide bonds. The summed E-state index contributed by atoms with van der Waals surface area (Å²) in [6.45, 7) is 0.460. The summed E-state index contributed by atoms with van der Waals surface area (Å²) < 4.78 is 10.5. The Balaban J connectivity index is 1.81. The zero-order valence-electron chi connectivity index (χ0n) is 13.1. The number of ether oxygens (including phenoxy) is 2. The summed E-state index contributed by atoms with van der Waals surface area (Å²) in [5.41, 5.74) is 3.75. The van der Waals surface area contributed by atoms with Gasteiger partial charge in [0.15, 0.2) is 0 Å². The number of carbonyl (C=O) groups is 1. The van der Waals surface area contributed by atoms with Crippen LogP contribution in [-0.4, -0.2) is 18.2 Å². The molecule has 1 heterocycles. The van der Waals surface area contributed by atoms with Crippen LogP contribution < -0.4 is 4.74 Å². The summed E-state index contributed by atoms with van der Waals surface area (Å²) in [7, 11) is 1.40. The fraction of sp³-hybridized carbons (Fsp3) is 0.316. The summed E-state index contributed by atoms with van der Waals surface area (Å²) in [6.07, 6.45) is 1.19. The second-order valence-corrected chi connectivity index (χ2v) is 5.69. The van der Waals surface area contributed by atoms with Gasteiger partial charge < -0.3 is 14.6 Å². The van der Waals surface area contributed by atoms with Crippen LogP contribution in [0.25, 0.3) is 0 Å². The first-order chi connectivity index (χ1) is 11.2. The molecular formula is C19H20O4. The highest BCUT2D eigenvalue weighted by molar-refractivity contribution is 5.69. The molecule has 0 aromatic heterocycles. The standard InChI is InChI=1S/C19H20O4/c1-22-18(20)8-4-5-13-9-10-17-16(11-13)19(21)15-7-3-2-6-14(15)12-23-17/h2-3,6-7,9-11,19,21H,4-5,8,12H2,1H3. The molecule has 0 saturated heterocycles. The first kappa shape index (κ1) is 15.6. The molecule has 4 heteroatoms. The van der Waals surface area contributed by atoms with Crippen molar-refractivity contribution in [1.29, 1.82) is 0 Å². The van der Waals surface area contributed by atoms with Crippen LogP contribution in [0.3, 0.4) is 0 Å². The third-order valence-corrected chi connectivity index (χ3v) is 4.18. The van der Waals surface area contributed by atoms with Crippen molar-refractivity contribution in [2.45, 2.75) is 32.0 Å². The molecular weight excluding hydrogens is 292 g/mol. The number of hydrogen-bond donors (Lipinski definition) is 1. The van der Waals surface area contributed by atoms with Crippen LogP contribution in [0.5, 0.6) is 5.75 Å². The van der Waals surface area contributed by atoms with E-state index in [0.717, 1.165) is 35.1 Å². The van der Waals surface area contributed by atoms with Gasteiger partial charge in [-0.2, -0.15) is 0 Å². The van der Waals surface area contributed by atoms with Crippen molar-refractivity contribution in [3.8, 4) is 5.75 Å². The zero-order chi connectivity index (χ0) is 16.2. The number of esters is 1. The molecule has 0 aliphatic carbocycles.